The number of carbonyl (C=O) groups excluding carboxylic acids is 2. The third-order valence-electron chi connectivity index (χ3n) is 3.56. The van der Waals surface area contributed by atoms with Crippen LogP contribution in [0.25, 0.3) is 0 Å². The Labute approximate surface area is 119 Å². The van der Waals surface area contributed by atoms with Gasteiger partial charge in [-0.3, -0.25) is 9.59 Å². The molecule has 110 valence electrons. The van der Waals surface area contributed by atoms with E-state index in [1.807, 2.05) is 11.8 Å². The van der Waals surface area contributed by atoms with Gasteiger partial charge in [0.15, 0.2) is 0 Å². The number of likely N-dealkylation sites (N-methyl/N-ethyl adjacent to an activating group) is 1. The molecule has 0 radical (unpaired) electrons. The van der Waals surface area contributed by atoms with Crippen LogP contribution in [0.15, 0.2) is 0 Å². The summed E-state index contributed by atoms with van der Waals surface area (Å²) >= 11 is 1.40. The summed E-state index contributed by atoms with van der Waals surface area (Å²) in [6.45, 7) is 4.12. The number of piperidine rings is 1. The third kappa shape index (κ3) is 5.40. The Morgan fingerprint density at radius 3 is 2.47 bits per heavy atom. The van der Waals surface area contributed by atoms with E-state index in [4.69, 9.17) is 5.73 Å². The number of hydrogen-bond donors (Lipinski definition) is 1. The molecule has 2 amide bonds. The highest BCUT2D eigenvalue weighted by Gasteiger charge is 2.18. The van der Waals surface area contributed by atoms with Gasteiger partial charge in [-0.05, 0) is 26.2 Å². The van der Waals surface area contributed by atoms with E-state index in [1.54, 1.807) is 11.9 Å². The Morgan fingerprint density at radius 2 is 1.89 bits per heavy atom. The van der Waals surface area contributed by atoms with Gasteiger partial charge < -0.3 is 15.5 Å². The van der Waals surface area contributed by atoms with Crippen molar-refractivity contribution in [3.8, 4) is 0 Å². The van der Waals surface area contributed by atoms with E-state index in [2.05, 4.69) is 0 Å². The minimum Gasteiger partial charge on any atom is -0.342 e. The molecule has 0 bridgehead atoms. The molecule has 1 rings (SSSR count). The second-order valence-corrected chi connectivity index (χ2v) is 6.01. The van der Waals surface area contributed by atoms with Crippen molar-refractivity contribution in [3.63, 3.8) is 0 Å². The van der Waals surface area contributed by atoms with E-state index >= 15 is 0 Å². The average molecular weight is 287 g/mol. The summed E-state index contributed by atoms with van der Waals surface area (Å²) < 4.78 is 0. The summed E-state index contributed by atoms with van der Waals surface area (Å²) in [5.41, 5.74) is 5.52. The molecule has 0 aromatic carbocycles. The largest absolute Gasteiger partial charge is 0.342 e. The first-order valence-electron chi connectivity index (χ1n) is 6.87. The van der Waals surface area contributed by atoms with Gasteiger partial charge in [-0.15, -0.1) is 11.8 Å². The summed E-state index contributed by atoms with van der Waals surface area (Å²) in [7, 11) is 1.76. The molecule has 0 saturated carbocycles. The average Bonchev–Trinajstić information content (AvgIpc) is 2.46. The van der Waals surface area contributed by atoms with Gasteiger partial charge in [0, 0.05) is 32.7 Å². The summed E-state index contributed by atoms with van der Waals surface area (Å²) in [5, 5.41) is 0. The number of carbonyl (C=O) groups is 2. The van der Waals surface area contributed by atoms with Crippen LogP contribution in [0.3, 0.4) is 0 Å². The molecule has 0 aliphatic carbocycles. The predicted molar refractivity (Wildman–Crippen MR) is 79.0 cm³/mol. The molecule has 2 N–H and O–H groups in total. The minimum absolute atomic E-state index is 0.0365. The number of rotatable bonds is 6. The summed E-state index contributed by atoms with van der Waals surface area (Å²) in [4.78, 5) is 27.3. The van der Waals surface area contributed by atoms with E-state index in [0.717, 1.165) is 25.9 Å². The quantitative estimate of drug-likeness (QED) is 0.774. The number of hydrogen-bond acceptors (Lipinski definition) is 4. The van der Waals surface area contributed by atoms with E-state index in [1.165, 1.54) is 18.2 Å². The molecular formula is C13H25N3O2S. The molecule has 1 fully saturated rings. The van der Waals surface area contributed by atoms with Crippen LogP contribution in [0.4, 0.5) is 0 Å². The molecular weight excluding hydrogens is 262 g/mol. The Bertz CT molecular complexity index is 292. The molecule has 1 aliphatic heterocycles. The Morgan fingerprint density at radius 1 is 1.26 bits per heavy atom. The Kier molecular flexibility index (Phi) is 7.23. The van der Waals surface area contributed by atoms with Crippen molar-refractivity contribution >= 4 is 23.6 Å². The highest BCUT2D eigenvalue weighted by atomic mass is 32.2. The van der Waals surface area contributed by atoms with Crippen molar-refractivity contribution < 1.29 is 9.59 Å². The molecule has 1 unspecified atom stereocenters. The first-order valence-corrected chi connectivity index (χ1v) is 8.03. The third-order valence-corrected chi connectivity index (χ3v) is 4.46. The molecule has 1 aliphatic rings. The number of amides is 2. The van der Waals surface area contributed by atoms with Crippen LogP contribution < -0.4 is 5.73 Å². The van der Waals surface area contributed by atoms with Crippen LogP contribution in [0.2, 0.25) is 0 Å². The molecule has 0 spiro atoms. The van der Waals surface area contributed by atoms with Crippen molar-refractivity contribution in [2.45, 2.75) is 32.2 Å². The normalized spacial score (nSPS) is 17.1. The molecule has 0 aromatic heterocycles. The van der Waals surface area contributed by atoms with Crippen LogP contribution in [0, 0.1) is 0 Å². The predicted octanol–water partition coefficient (Wildman–Crippen LogP) is 0.538. The van der Waals surface area contributed by atoms with E-state index in [-0.39, 0.29) is 17.9 Å². The topological polar surface area (TPSA) is 66.6 Å². The standard InChI is InChI=1S/C13H25N3O2S/c1-11(8-14)15(2)12(17)9-19-10-13(18)16-6-4-3-5-7-16/h11H,3-10,14H2,1-2H3. The monoisotopic (exact) mass is 287 g/mol. The second-order valence-electron chi connectivity index (χ2n) is 5.02. The minimum atomic E-state index is 0.0365. The van der Waals surface area contributed by atoms with E-state index in [9.17, 15) is 9.59 Å². The molecule has 1 atom stereocenters. The van der Waals surface area contributed by atoms with Crippen molar-refractivity contribution in [2.75, 3.05) is 38.2 Å². The van der Waals surface area contributed by atoms with Gasteiger partial charge in [0.05, 0.1) is 11.5 Å². The van der Waals surface area contributed by atoms with Crippen molar-refractivity contribution in [3.05, 3.63) is 0 Å². The van der Waals surface area contributed by atoms with Crippen LogP contribution in [-0.4, -0.2) is 65.8 Å². The zero-order valence-corrected chi connectivity index (χ0v) is 12.7. The summed E-state index contributed by atoms with van der Waals surface area (Å²) in [6.07, 6.45) is 3.43. The lowest BCUT2D eigenvalue weighted by Gasteiger charge is -2.27. The summed E-state index contributed by atoms with van der Waals surface area (Å²) in [5.74, 6) is 0.943. The molecule has 5 nitrogen and oxygen atoms in total. The molecule has 0 aromatic rings. The fourth-order valence-electron chi connectivity index (χ4n) is 1.97. The maximum Gasteiger partial charge on any atom is 0.232 e. The molecule has 6 heteroatoms. The van der Waals surface area contributed by atoms with Crippen LogP contribution in [0.5, 0.6) is 0 Å². The van der Waals surface area contributed by atoms with E-state index in [0.29, 0.717) is 18.1 Å². The second kappa shape index (κ2) is 8.43. The Balaban J connectivity index is 2.22. The first-order chi connectivity index (χ1) is 9.06. The Hall–Kier alpha value is -0.750. The van der Waals surface area contributed by atoms with Crippen molar-refractivity contribution in [1.82, 2.24) is 9.80 Å². The van der Waals surface area contributed by atoms with Gasteiger partial charge in [-0.25, -0.2) is 0 Å². The lowest BCUT2D eigenvalue weighted by atomic mass is 10.1. The number of nitrogens with zero attached hydrogens (tertiary/aromatic N) is 2. The highest BCUT2D eigenvalue weighted by Crippen LogP contribution is 2.11. The van der Waals surface area contributed by atoms with Crippen LogP contribution in [0.1, 0.15) is 26.2 Å². The lowest BCUT2D eigenvalue weighted by molar-refractivity contribution is -0.129. The number of nitrogens with two attached hydrogens (primary N) is 1. The lowest BCUT2D eigenvalue weighted by Crippen LogP contribution is -2.41. The van der Waals surface area contributed by atoms with Gasteiger partial charge >= 0.3 is 0 Å². The zero-order chi connectivity index (χ0) is 14.3. The SMILES string of the molecule is CC(CN)N(C)C(=O)CSCC(=O)N1CCCCC1. The fraction of sp³-hybridized carbons (Fsp3) is 0.846. The zero-order valence-electron chi connectivity index (χ0n) is 11.9. The van der Waals surface area contributed by atoms with Crippen LogP contribution in [-0.2, 0) is 9.59 Å². The first kappa shape index (κ1) is 16.3. The molecule has 1 heterocycles. The maximum absolute atomic E-state index is 11.9. The highest BCUT2D eigenvalue weighted by molar-refractivity contribution is 8.00. The van der Waals surface area contributed by atoms with E-state index < -0.39 is 0 Å². The van der Waals surface area contributed by atoms with Crippen LogP contribution >= 0.6 is 11.8 Å². The van der Waals surface area contributed by atoms with Gasteiger partial charge in [0.25, 0.3) is 0 Å². The smallest absolute Gasteiger partial charge is 0.232 e. The number of thioether (sulfide) groups is 1. The van der Waals surface area contributed by atoms with Crippen molar-refractivity contribution in [1.29, 1.82) is 0 Å². The summed E-state index contributed by atoms with van der Waals surface area (Å²) in [6, 6.07) is 0.0471. The molecule has 19 heavy (non-hydrogen) atoms. The van der Waals surface area contributed by atoms with Gasteiger partial charge in [0.1, 0.15) is 0 Å². The van der Waals surface area contributed by atoms with Gasteiger partial charge in [-0.2, -0.15) is 0 Å². The van der Waals surface area contributed by atoms with Gasteiger partial charge in [0.2, 0.25) is 11.8 Å². The van der Waals surface area contributed by atoms with Crippen molar-refractivity contribution in [2.24, 2.45) is 5.73 Å². The van der Waals surface area contributed by atoms with Gasteiger partial charge in [-0.1, -0.05) is 0 Å². The fourth-order valence-corrected chi connectivity index (χ4v) is 2.80. The number of likely N-dealkylation sites (tertiary alicyclic amines) is 1. The molecule has 1 saturated heterocycles. The maximum atomic E-state index is 11.9.